The van der Waals surface area contributed by atoms with E-state index in [9.17, 15) is 0 Å². The number of hydrazine groups is 1. The van der Waals surface area contributed by atoms with Crippen LogP contribution in [0.2, 0.25) is 0 Å². The zero-order chi connectivity index (χ0) is 14.4. The zero-order valence-electron chi connectivity index (χ0n) is 11.9. The van der Waals surface area contributed by atoms with Crippen molar-refractivity contribution in [2.24, 2.45) is 5.84 Å². The fraction of sp³-hybridized carbons (Fsp3) is 0.600. The summed E-state index contributed by atoms with van der Waals surface area (Å²) in [4.78, 5) is 0. The van der Waals surface area contributed by atoms with Gasteiger partial charge in [-0.2, -0.15) is 11.8 Å². The molecule has 1 aliphatic carbocycles. The van der Waals surface area contributed by atoms with E-state index in [0.29, 0.717) is 6.04 Å². The molecule has 1 saturated carbocycles. The van der Waals surface area contributed by atoms with Gasteiger partial charge in [0.15, 0.2) is 0 Å². The fourth-order valence-corrected chi connectivity index (χ4v) is 4.57. The van der Waals surface area contributed by atoms with E-state index >= 15 is 0 Å². The highest BCUT2D eigenvalue weighted by atomic mass is 79.9. The minimum absolute atomic E-state index is 0.320. The van der Waals surface area contributed by atoms with Crippen LogP contribution in [-0.4, -0.2) is 24.2 Å². The second-order valence-corrected chi connectivity index (χ2v) is 7.46. The first kappa shape index (κ1) is 16.1. The number of halogens is 1. The molecule has 1 atom stereocenters. The Labute approximate surface area is 134 Å². The number of nitrogens with one attached hydrogen (secondary N) is 1. The van der Waals surface area contributed by atoms with Crippen LogP contribution >= 0.6 is 27.7 Å². The lowest BCUT2D eigenvalue weighted by atomic mass is 10.1. The van der Waals surface area contributed by atoms with Crippen LogP contribution in [0.5, 0.6) is 5.75 Å². The van der Waals surface area contributed by atoms with Gasteiger partial charge >= 0.3 is 0 Å². The average Bonchev–Trinajstić information content (AvgIpc) is 2.97. The monoisotopic (exact) mass is 358 g/mol. The lowest BCUT2D eigenvalue weighted by Gasteiger charge is -2.18. The van der Waals surface area contributed by atoms with Gasteiger partial charge < -0.3 is 4.74 Å². The lowest BCUT2D eigenvalue weighted by molar-refractivity contribution is 0.412. The van der Waals surface area contributed by atoms with E-state index < -0.39 is 0 Å². The highest BCUT2D eigenvalue weighted by Crippen LogP contribution is 2.30. The van der Waals surface area contributed by atoms with E-state index in [4.69, 9.17) is 10.6 Å². The number of nitrogens with two attached hydrogens (primary N) is 1. The van der Waals surface area contributed by atoms with Crippen molar-refractivity contribution in [2.75, 3.05) is 12.9 Å². The van der Waals surface area contributed by atoms with Crippen LogP contribution in [0, 0.1) is 0 Å². The van der Waals surface area contributed by atoms with Gasteiger partial charge in [-0.1, -0.05) is 18.9 Å². The van der Waals surface area contributed by atoms with Gasteiger partial charge in [-0.3, -0.25) is 11.3 Å². The summed E-state index contributed by atoms with van der Waals surface area (Å²) in [6.45, 7) is 0. The molecule has 112 valence electrons. The summed E-state index contributed by atoms with van der Waals surface area (Å²) in [5.41, 5.74) is 4.23. The molecule has 1 aliphatic rings. The molecule has 0 bridgehead atoms. The van der Waals surface area contributed by atoms with Crippen LogP contribution in [0.4, 0.5) is 0 Å². The minimum atomic E-state index is 0.320. The van der Waals surface area contributed by atoms with E-state index in [1.807, 2.05) is 6.07 Å². The quantitative estimate of drug-likeness (QED) is 0.578. The molecule has 0 saturated heterocycles. The summed E-state index contributed by atoms with van der Waals surface area (Å²) >= 11 is 5.60. The van der Waals surface area contributed by atoms with Crippen molar-refractivity contribution in [3.05, 3.63) is 28.2 Å². The molecule has 0 spiro atoms. The third kappa shape index (κ3) is 4.65. The second-order valence-electron chi connectivity index (χ2n) is 5.28. The average molecular weight is 359 g/mol. The van der Waals surface area contributed by atoms with Gasteiger partial charge in [-0.05, 0) is 52.9 Å². The van der Waals surface area contributed by atoms with Crippen LogP contribution in [0.3, 0.4) is 0 Å². The van der Waals surface area contributed by atoms with Gasteiger partial charge in [0.05, 0.1) is 11.6 Å². The molecule has 0 aliphatic heterocycles. The molecule has 0 radical (unpaired) electrons. The third-order valence-electron chi connectivity index (χ3n) is 3.77. The molecule has 1 unspecified atom stereocenters. The van der Waals surface area contributed by atoms with E-state index in [0.717, 1.165) is 27.6 Å². The molecule has 1 fully saturated rings. The van der Waals surface area contributed by atoms with Crippen LogP contribution < -0.4 is 16.0 Å². The summed E-state index contributed by atoms with van der Waals surface area (Å²) in [5.74, 6) is 7.64. The first-order chi connectivity index (χ1) is 9.72. The second kappa shape index (κ2) is 8.27. The number of thioether (sulfide) groups is 1. The van der Waals surface area contributed by atoms with Crippen LogP contribution in [0.25, 0.3) is 0 Å². The van der Waals surface area contributed by atoms with Crippen LogP contribution in [0.1, 0.15) is 31.2 Å². The normalized spacial score (nSPS) is 17.4. The van der Waals surface area contributed by atoms with Crippen molar-refractivity contribution in [2.45, 2.75) is 43.4 Å². The fourth-order valence-electron chi connectivity index (χ4n) is 2.59. The van der Waals surface area contributed by atoms with Crippen molar-refractivity contribution in [3.63, 3.8) is 0 Å². The number of ether oxygens (including phenoxy) is 1. The van der Waals surface area contributed by atoms with Crippen LogP contribution in [-0.2, 0) is 6.42 Å². The molecule has 0 heterocycles. The van der Waals surface area contributed by atoms with E-state index in [1.165, 1.54) is 31.2 Å². The number of hydrogen-bond donors (Lipinski definition) is 2. The summed E-state index contributed by atoms with van der Waals surface area (Å²) in [6, 6.07) is 6.54. The zero-order valence-corrected chi connectivity index (χ0v) is 14.3. The van der Waals surface area contributed by atoms with E-state index in [2.05, 4.69) is 45.3 Å². The van der Waals surface area contributed by atoms with Gasteiger partial charge in [-0.25, -0.2) is 0 Å². The third-order valence-corrected chi connectivity index (χ3v) is 5.93. The maximum absolute atomic E-state index is 5.70. The Morgan fingerprint density at radius 2 is 2.20 bits per heavy atom. The smallest absolute Gasteiger partial charge is 0.133 e. The van der Waals surface area contributed by atoms with E-state index in [1.54, 1.807) is 7.11 Å². The predicted molar refractivity (Wildman–Crippen MR) is 90.2 cm³/mol. The topological polar surface area (TPSA) is 47.3 Å². The Bertz CT molecular complexity index is 424. The largest absolute Gasteiger partial charge is 0.496 e. The molecule has 3 N–H and O–H groups in total. The summed E-state index contributed by atoms with van der Waals surface area (Å²) < 4.78 is 6.25. The Morgan fingerprint density at radius 3 is 2.80 bits per heavy atom. The molecule has 2 rings (SSSR count). The predicted octanol–water partition coefficient (Wildman–Crippen LogP) is 3.51. The molecule has 0 aromatic heterocycles. The maximum atomic E-state index is 5.70. The molecule has 20 heavy (non-hydrogen) atoms. The van der Waals surface area contributed by atoms with E-state index in [-0.39, 0.29) is 0 Å². The highest BCUT2D eigenvalue weighted by Gasteiger charge is 2.17. The molecular formula is C15H23BrN2OS. The lowest BCUT2D eigenvalue weighted by Crippen LogP contribution is -2.39. The molecule has 1 aromatic rings. The Morgan fingerprint density at radius 1 is 1.45 bits per heavy atom. The van der Waals surface area contributed by atoms with Crippen molar-refractivity contribution in [1.29, 1.82) is 0 Å². The number of methoxy groups -OCH3 is 1. The Balaban J connectivity index is 1.86. The van der Waals surface area contributed by atoms with Gasteiger partial charge in [-0.15, -0.1) is 0 Å². The minimum Gasteiger partial charge on any atom is -0.496 e. The van der Waals surface area contributed by atoms with Crippen LogP contribution in [0.15, 0.2) is 22.7 Å². The first-order valence-electron chi connectivity index (χ1n) is 7.13. The molecule has 5 heteroatoms. The molecule has 1 aromatic carbocycles. The van der Waals surface area contributed by atoms with Crippen molar-refractivity contribution in [1.82, 2.24) is 5.43 Å². The van der Waals surface area contributed by atoms with Crippen molar-refractivity contribution < 1.29 is 4.74 Å². The van der Waals surface area contributed by atoms with Crippen molar-refractivity contribution in [3.8, 4) is 5.75 Å². The number of hydrogen-bond acceptors (Lipinski definition) is 4. The van der Waals surface area contributed by atoms with Gasteiger partial charge in [0.2, 0.25) is 0 Å². The Hall–Kier alpha value is -0.230. The van der Waals surface area contributed by atoms with Gasteiger partial charge in [0, 0.05) is 17.0 Å². The summed E-state index contributed by atoms with van der Waals surface area (Å²) in [5, 5.41) is 0.841. The Kier molecular flexibility index (Phi) is 6.68. The van der Waals surface area contributed by atoms with Crippen molar-refractivity contribution >= 4 is 27.7 Å². The first-order valence-corrected chi connectivity index (χ1v) is 8.97. The summed E-state index contributed by atoms with van der Waals surface area (Å²) in [6.07, 6.45) is 6.47. The van der Waals surface area contributed by atoms with Gasteiger partial charge in [0.1, 0.15) is 5.75 Å². The SMILES string of the molecule is COc1ccc(CC(CSC2CCCC2)NN)cc1Br. The maximum Gasteiger partial charge on any atom is 0.133 e. The number of rotatable bonds is 7. The highest BCUT2D eigenvalue weighted by molar-refractivity contribution is 9.10. The number of benzene rings is 1. The molecular weight excluding hydrogens is 336 g/mol. The standard InChI is InChI=1S/C15H23BrN2OS/c1-19-15-7-6-11(9-14(15)16)8-12(18-17)10-20-13-4-2-3-5-13/h6-7,9,12-13,18H,2-5,8,10,17H2,1H3. The van der Waals surface area contributed by atoms with Gasteiger partial charge in [0.25, 0.3) is 0 Å². The molecule has 3 nitrogen and oxygen atoms in total. The molecule has 0 amide bonds. The summed E-state index contributed by atoms with van der Waals surface area (Å²) in [7, 11) is 1.68.